The second-order valence-corrected chi connectivity index (χ2v) is 3.40. The average Bonchev–Trinajstić information content (AvgIpc) is 2.21. The number of amides is 1. The van der Waals surface area contributed by atoms with Crippen molar-refractivity contribution in [2.24, 2.45) is 5.73 Å². The maximum absolute atomic E-state index is 10.8. The molecule has 0 spiro atoms. The minimum Gasteiger partial charge on any atom is -0.379 e. The summed E-state index contributed by atoms with van der Waals surface area (Å²) in [4.78, 5) is 10.8. The van der Waals surface area contributed by atoms with Crippen molar-refractivity contribution < 1.29 is 9.53 Å². The Morgan fingerprint density at radius 2 is 2.07 bits per heavy atom. The van der Waals surface area contributed by atoms with Gasteiger partial charge in [0.25, 0.3) is 0 Å². The molecule has 0 rings (SSSR count). The molecule has 0 saturated heterocycles. The van der Waals surface area contributed by atoms with Crippen molar-refractivity contribution in [2.75, 3.05) is 43.8 Å². The molecule has 1 amide bonds. The van der Waals surface area contributed by atoms with Crippen molar-refractivity contribution in [3.05, 3.63) is 0 Å². The summed E-state index contributed by atoms with van der Waals surface area (Å²) in [6.45, 7) is 4.06. The van der Waals surface area contributed by atoms with Gasteiger partial charge in [-0.1, -0.05) is 22.6 Å². The van der Waals surface area contributed by atoms with E-state index < -0.39 is 0 Å². The van der Waals surface area contributed by atoms with Crippen LogP contribution in [0, 0.1) is 0 Å². The van der Waals surface area contributed by atoms with Crippen LogP contribution in [0.15, 0.2) is 0 Å². The number of ether oxygens (including phenoxy) is 1. The Labute approximate surface area is 98.3 Å². The number of alkyl halides is 1. The van der Waals surface area contributed by atoms with Crippen molar-refractivity contribution in [1.82, 2.24) is 10.6 Å². The second kappa shape index (κ2) is 11.2. The quantitative estimate of drug-likeness (QED) is 0.293. The largest absolute Gasteiger partial charge is 0.379 e. The van der Waals surface area contributed by atoms with E-state index in [1.807, 2.05) is 22.6 Å². The lowest BCUT2D eigenvalue weighted by Gasteiger charge is -2.05. The van der Waals surface area contributed by atoms with Gasteiger partial charge in [-0.3, -0.25) is 4.79 Å². The van der Waals surface area contributed by atoms with E-state index >= 15 is 0 Å². The Bertz CT molecular complexity index is 147. The zero-order chi connectivity index (χ0) is 10.6. The topological polar surface area (TPSA) is 76.4 Å². The van der Waals surface area contributed by atoms with Gasteiger partial charge in [-0.25, -0.2) is 0 Å². The number of carbonyl (C=O) groups excluding carboxylic acids is 1. The number of rotatable bonds is 9. The summed E-state index contributed by atoms with van der Waals surface area (Å²) in [5.41, 5.74) is 5.25. The molecule has 0 aliphatic heterocycles. The summed E-state index contributed by atoms with van der Waals surface area (Å²) in [5, 5.41) is 5.91. The molecule has 0 saturated carbocycles. The molecule has 0 unspecified atom stereocenters. The molecular formula is C8H18IN3O2. The highest BCUT2D eigenvalue weighted by molar-refractivity contribution is 14.1. The van der Waals surface area contributed by atoms with Gasteiger partial charge in [-0.15, -0.1) is 0 Å². The molecule has 0 heterocycles. The van der Waals surface area contributed by atoms with Crippen molar-refractivity contribution in [3.63, 3.8) is 0 Å². The van der Waals surface area contributed by atoms with Gasteiger partial charge in [0.2, 0.25) is 5.91 Å². The van der Waals surface area contributed by atoms with Gasteiger partial charge in [0, 0.05) is 26.2 Å². The van der Waals surface area contributed by atoms with E-state index in [1.54, 1.807) is 0 Å². The molecule has 5 nitrogen and oxygen atoms in total. The number of nitrogens with one attached hydrogen (secondary N) is 2. The van der Waals surface area contributed by atoms with Crippen LogP contribution >= 0.6 is 22.6 Å². The first-order valence-electron chi connectivity index (χ1n) is 4.62. The van der Waals surface area contributed by atoms with E-state index in [4.69, 9.17) is 10.5 Å². The molecule has 6 heteroatoms. The summed E-state index contributed by atoms with van der Waals surface area (Å²) < 4.78 is 5.67. The van der Waals surface area contributed by atoms with Crippen LogP contribution < -0.4 is 16.4 Å². The average molecular weight is 315 g/mol. The highest BCUT2D eigenvalue weighted by atomic mass is 127. The number of carbonyl (C=O) groups is 1. The third-order valence-electron chi connectivity index (χ3n) is 1.43. The van der Waals surface area contributed by atoms with Gasteiger partial charge >= 0.3 is 0 Å². The lowest BCUT2D eigenvalue weighted by atomic mass is 10.5. The number of hydrogen-bond donors (Lipinski definition) is 3. The zero-order valence-corrected chi connectivity index (χ0v) is 10.4. The molecule has 0 fully saturated rings. The predicted molar refractivity (Wildman–Crippen MR) is 64.6 cm³/mol. The lowest BCUT2D eigenvalue weighted by Crippen LogP contribution is -2.33. The van der Waals surface area contributed by atoms with Crippen molar-refractivity contribution in [3.8, 4) is 0 Å². The summed E-state index contributed by atoms with van der Waals surface area (Å²) in [7, 11) is 0. The predicted octanol–water partition coefficient (Wildman–Crippen LogP) is -0.897. The van der Waals surface area contributed by atoms with Crippen molar-refractivity contribution in [2.45, 2.75) is 0 Å². The van der Waals surface area contributed by atoms with Crippen LogP contribution in [0.3, 0.4) is 0 Å². The Hall–Kier alpha value is 0.0800. The van der Waals surface area contributed by atoms with Crippen LogP contribution in [-0.4, -0.2) is 49.7 Å². The zero-order valence-electron chi connectivity index (χ0n) is 8.22. The molecular weight excluding hydrogens is 297 g/mol. The maximum Gasteiger partial charge on any atom is 0.229 e. The number of nitrogens with two attached hydrogens (primary N) is 1. The van der Waals surface area contributed by atoms with Gasteiger partial charge in [-0.2, -0.15) is 0 Å². The summed E-state index contributed by atoms with van der Waals surface area (Å²) >= 11 is 2.03. The van der Waals surface area contributed by atoms with Gasteiger partial charge < -0.3 is 21.1 Å². The molecule has 14 heavy (non-hydrogen) atoms. The molecule has 0 aromatic rings. The van der Waals surface area contributed by atoms with Crippen LogP contribution in [0.5, 0.6) is 0 Å². The van der Waals surface area contributed by atoms with E-state index in [1.165, 1.54) is 0 Å². The van der Waals surface area contributed by atoms with E-state index in [2.05, 4.69) is 10.6 Å². The second-order valence-electron chi connectivity index (χ2n) is 2.63. The minimum atomic E-state index is 0.0757. The van der Waals surface area contributed by atoms with Crippen LogP contribution in [-0.2, 0) is 9.53 Å². The summed E-state index contributed by atoms with van der Waals surface area (Å²) in [6.07, 6.45) is 0. The molecule has 0 aliphatic rings. The molecule has 0 bridgehead atoms. The lowest BCUT2D eigenvalue weighted by molar-refractivity contribution is -0.118. The fourth-order valence-corrected chi connectivity index (χ4v) is 1.06. The minimum absolute atomic E-state index is 0.0757. The summed E-state index contributed by atoms with van der Waals surface area (Å²) in [6, 6.07) is 0. The molecule has 0 atom stereocenters. The van der Waals surface area contributed by atoms with E-state index in [0.29, 0.717) is 30.7 Å². The Balaban J connectivity index is 2.95. The van der Waals surface area contributed by atoms with Crippen molar-refractivity contribution in [1.29, 1.82) is 0 Å². The highest BCUT2D eigenvalue weighted by Gasteiger charge is 1.94. The molecule has 84 valence electrons. The van der Waals surface area contributed by atoms with Crippen LogP contribution in [0.1, 0.15) is 0 Å². The number of hydrogen-bond acceptors (Lipinski definition) is 4. The monoisotopic (exact) mass is 315 g/mol. The van der Waals surface area contributed by atoms with Gasteiger partial charge in [-0.05, 0) is 0 Å². The van der Waals surface area contributed by atoms with Crippen LogP contribution in [0.25, 0.3) is 0 Å². The first-order chi connectivity index (χ1) is 6.81. The van der Waals surface area contributed by atoms with E-state index in [0.717, 1.165) is 13.1 Å². The molecule has 0 aliphatic carbocycles. The Morgan fingerprint density at radius 1 is 1.29 bits per heavy atom. The third-order valence-corrected chi connectivity index (χ3v) is 2.12. The van der Waals surface area contributed by atoms with Gasteiger partial charge in [0.05, 0.1) is 17.6 Å². The maximum atomic E-state index is 10.8. The van der Waals surface area contributed by atoms with Gasteiger partial charge in [0.1, 0.15) is 0 Å². The Kier molecular flexibility index (Phi) is 11.2. The fourth-order valence-electron chi connectivity index (χ4n) is 0.792. The first-order valence-corrected chi connectivity index (χ1v) is 6.15. The molecule has 4 N–H and O–H groups in total. The fraction of sp³-hybridized carbons (Fsp3) is 0.875. The van der Waals surface area contributed by atoms with Crippen LogP contribution in [0.4, 0.5) is 0 Å². The van der Waals surface area contributed by atoms with E-state index in [9.17, 15) is 4.79 Å². The third kappa shape index (κ3) is 10.2. The van der Waals surface area contributed by atoms with Crippen LogP contribution in [0.2, 0.25) is 0 Å². The normalized spacial score (nSPS) is 10.1. The molecule has 0 aromatic heterocycles. The smallest absolute Gasteiger partial charge is 0.229 e. The van der Waals surface area contributed by atoms with Gasteiger partial charge in [0.15, 0.2) is 0 Å². The first kappa shape index (κ1) is 14.1. The summed E-state index contributed by atoms with van der Waals surface area (Å²) in [5.74, 6) is 0.0757. The molecule has 0 aromatic carbocycles. The van der Waals surface area contributed by atoms with E-state index in [-0.39, 0.29) is 5.91 Å². The Morgan fingerprint density at radius 3 is 2.71 bits per heavy atom. The highest BCUT2D eigenvalue weighted by Crippen LogP contribution is 1.78. The number of halogens is 1. The standard InChI is InChI=1S/C8H18IN3O2/c9-7-8(13)12-3-2-11-4-6-14-5-1-10/h11H,1-7,10H2,(H,12,13). The SMILES string of the molecule is NCCOCCNCCNC(=O)CI. The molecule has 0 radical (unpaired) electrons. The van der Waals surface area contributed by atoms with Crippen molar-refractivity contribution >= 4 is 28.5 Å².